The first-order valence-electron chi connectivity index (χ1n) is 33.9. The van der Waals surface area contributed by atoms with Crippen LogP contribution in [0.1, 0.15) is 134 Å². The highest BCUT2D eigenvalue weighted by Gasteiger charge is 2.54. The maximum Gasteiger partial charge on any atom is 0.338 e. The molecule has 0 aliphatic carbocycles. The summed E-state index contributed by atoms with van der Waals surface area (Å²) in [6, 6.07) is 44.1. The molecule has 11 atom stereocenters. The van der Waals surface area contributed by atoms with Crippen LogP contribution in [0.3, 0.4) is 0 Å². The molecule has 104 heavy (non-hydrogen) atoms. The number of aliphatic carboxylic acids is 1. The van der Waals surface area contributed by atoms with Crippen LogP contribution in [-0.2, 0) is 76.1 Å². The number of rotatable bonds is 37. The molecule has 2 saturated heterocycles. The number of esters is 6. The lowest BCUT2D eigenvalue weighted by Gasteiger charge is -2.45. The topological polar surface area (TPSA) is 378 Å². The smallest absolute Gasteiger partial charge is 0.338 e. The number of carboxylic acids is 1. The van der Waals surface area contributed by atoms with E-state index in [0.717, 1.165) is 0 Å². The molecule has 0 aromatic heterocycles. The molecule has 2 heterocycles. The minimum Gasteiger partial charge on any atom is -0.480 e. The van der Waals surface area contributed by atoms with Gasteiger partial charge in [-0.25, -0.2) is 28.8 Å². The number of carbonyl (C=O) groups is 12. The zero-order valence-electron chi connectivity index (χ0n) is 57.2. The summed E-state index contributed by atoms with van der Waals surface area (Å²) < 4.78 is 60.7. The fourth-order valence-corrected chi connectivity index (χ4v) is 11.2. The SMILES string of the molecule is CC(=O)NC1C(OCCCCC(=O)NCCCCC(NC(=O)CCCCOC2OC(COC(=O)c3ccccc3)C(OC(=O)c3ccccc3)C(OC(=O)c3ccccc3)C2NC(C)=O)C(=O)NCC(=O)O)OC(COC(=O)c2ccccc2)C(OC(=O)c2ccccc2)C1OC(=O)c1ccccc1. The first kappa shape index (κ1) is 78.5. The van der Waals surface area contributed by atoms with Gasteiger partial charge in [-0.1, -0.05) is 109 Å². The lowest BCUT2D eigenvalue weighted by molar-refractivity contribution is -0.269. The summed E-state index contributed by atoms with van der Waals surface area (Å²) in [5.41, 5.74) is 0.940. The van der Waals surface area contributed by atoms with Crippen molar-refractivity contribution in [2.24, 2.45) is 0 Å². The van der Waals surface area contributed by atoms with Crippen molar-refractivity contribution in [3.63, 3.8) is 0 Å². The van der Waals surface area contributed by atoms with E-state index in [9.17, 15) is 62.6 Å². The molecule has 28 heteroatoms. The fraction of sp³-hybridized carbons (Fsp3) is 0.368. The van der Waals surface area contributed by atoms with Crippen molar-refractivity contribution >= 4 is 71.3 Å². The zero-order chi connectivity index (χ0) is 74.2. The van der Waals surface area contributed by atoms with Crippen LogP contribution in [0.4, 0.5) is 0 Å². The van der Waals surface area contributed by atoms with E-state index in [-0.39, 0.29) is 104 Å². The third-order valence-electron chi connectivity index (χ3n) is 16.3. The zero-order valence-corrected chi connectivity index (χ0v) is 57.2. The van der Waals surface area contributed by atoms with E-state index >= 15 is 0 Å². The Morgan fingerprint density at radius 3 is 1.09 bits per heavy atom. The monoisotopic (exact) mass is 1430 g/mol. The Bertz CT molecular complexity index is 3820. The molecule has 0 radical (unpaired) electrons. The molecule has 5 amide bonds. The quantitative estimate of drug-likeness (QED) is 0.0139. The Morgan fingerprint density at radius 1 is 0.404 bits per heavy atom. The molecule has 550 valence electrons. The average molecular weight is 1430 g/mol. The highest BCUT2D eigenvalue weighted by Crippen LogP contribution is 2.32. The summed E-state index contributed by atoms with van der Waals surface area (Å²) in [5, 5.41) is 22.6. The van der Waals surface area contributed by atoms with Gasteiger partial charge in [0.15, 0.2) is 37.0 Å². The van der Waals surface area contributed by atoms with Crippen molar-refractivity contribution in [1.29, 1.82) is 0 Å². The molecular weight excluding hydrogens is 1350 g/mol. The highest BCUT2D eigenvalue weighted by atomic mass is 16.7. The van der Waals surface area contributed by atoms with Crippen LogP contribution in [0.15, 0.2) is 182 Å². The molecule has 0 spiro atoms. The molecule has 2 fully saturated rings. The van der Waals surface area contributed by atoms with Gasteiger partial charge < -0.3 is 79.1 Å². The van der Waals surface area contributed by atoms with Crippen molar-refractivity contribution < 1.29 is 110 Å². The van der Waals surface area contributed by atoms with Crippen LogP contribution < -0.4 is 26.6 Å². The summed E-state index contributed by atoms with van der Waals surface area (Å²) in [7, 11) is 0. The van der Waals surface area contributed by atoms with Crippen LogP contribution in [0.5, 0.6) is 0 Å². The van der Waals surface area contributed by atoms with Gasteiger partial charge in [-0.15, -0.1) is 0 Å². The molecule has 6 aromatic carbocycles. The first-order chi connectivity index (χ1) is 50.3. The van der Waals surface area contributed by atoms with E-state index in [1.807, 2.05) is 0 Å². The van der Waals surface area contributed by atoms with Crippen LogP contribution >= 0.6 is 0 Å². The number of ether oxygens (including phenoxy) is 10. The van der Waals surface area contributed by atoms with Gasteiger partial charge in [0.25, 0.3) is 0 Å². The van der Waals surface area contributed by atoms with E-state index in [1.54, 1.807) is 121 Å². The molecule has 28 nitrogen and oxygen atoms in total. The van der Waals surface area contributed by atoms with Gasteiger partial charge in [-0.2, -0.15) is 0 Å². The molecule has 0 saturated carbocycles. The standard InChI is InChI=1S/C76H83N5O23/c1-48(82)79-62-66(103-73(93)54-35-17-7-18-36-54)64(101-71(91)52-31-13-5-14-32-52)57(46-97-69(89)50-27-9-3-10-28-50)99-75(62)95-43-25-22-40-59(84)77-42-24-21-39-56(68(88)78-45-61(86)87)81-60(85)41-23-26-44-96-76-63(80-49(2)83)67(104-74(94)55-37-19-8-20-38-55)65(102-72(92)53-33-15-6-16-34-53)58(100-76)47-98-70(90)51-29-11-4-12-30-51/h3-20,27-38,56-58,62-67,75-76H,21-26,39-47H2,1-2H3,(H,77,84)(H,78,88)(H,79,82)(H,80,83)(H,81,85)(H,86,87). The van der Waals surface area contributed by atoms with Crippen LogP contribution in [-0.4, -0.2) is 183 Å². The van der Waals surface area contributed by atoms with Gasteiger partial charge in [0.05, 0.1) is 33.4 Å². The number of nitrogens with one attached hydrogen (secondary N) is 5. The lowest BCUT2D eigenvalue weighted by Crippen LogP contribution is -2.66. The van der Waals surface area contributed by atoms with E-state index in [2.05, 4.69) is 26.6 Å². The number of carbonyl (C=O) groups excluding carboxylic acids is 11. The van der Waals surface area contributed by atoms with Gasteiger partial charge >= 0.3 is 41.8 Å². The lowest BCUT2D eigenvalue weighted by atomic mass is 9.95. The van der Waals surface area contributed by atoms with Crippen molar-refractivity contribution in [1.82, 2.24) is 26.6 Å². The van der Waals surface area contributed by atoms with Crippen molar-refractivity contribution in [2.75, 3.05) is 39.5 Å². The summed E-state index contributed by atoms with van der Waals surface area (Å²) in [6.07, 6.45) is -10.0. The van der Waals surface area contributed by atoms with Crippen LogP contribution in [0.2, 0.25) is 0 Å². The van der Waals surface area contributed by atoms with Gasteiger partial charge in [-0.3, -0.25) is 28.8 Å². The molecule has 2 aliphatic rings. The Hall–Kier alpha value is -11.2. The Labute approximate surface area is 599 Å². The normalized spacial score (nSPS) is 19.9. The maximum atomic E-state index is 13.8. The van der Waals surface area contributed by atoms with E-state index < -0.39 is 153 Å². The third-order valence-corrected chi connectivity index (χ3v) is 16.3. The minimum atomic E-state index is -1.51. The first-order valence-corrected chi connectivity index (χ1v) is 33.9. The van der Waals surface area contributed by atoms with Gasteiger partial charge in [0.1, 0.15) is 50.1 Å². The second kappa shape index (κ2) is 41.0. The van der Waals surface area contributed by atoms with E-state index in [0.29, 0.717) is 12.8 Å². The molecule has 2 aliphatic heterocycles. The molecule has 0 bridgehead atoms. The molecule has 8 rings (SSSR count). The minimum absolute atomic E-state index is 0.0338. The van der Waals surface area contributed by atoms with E-state index in [1.165, 1.54) is 74.5 Å². The van der Waals surface area contributed by atoms with Crippen molar-refractivity contribution in [3.05, 3.63) is 215 Å². The summed E-state index contributed by atoms with van der Waals surface area (Å²) in [6.45, 7) is 0.594. The Balaban J connectivity index is 0.838. The van der Waals surface area contributed by atoms with Crippen molar-refractivity contribution in [2.45, 2.75) is 139 Å². The van der Waals surface area contributed by atoms with E-state index in [4.69, 9.17) is 47.4 Å². The van der Waals surface area contributed by atoms with Gasteiger partial charge in [-0.05, 0) is 118 Å². The summed E-state index contributed by atoms with van der Waals surface area (Å²) >= 11 is 0. The average Bonchev–Trinajstić information content (AvgIpc) is 0.785. The third kappa shape index (κ3) is 24.8. The summed E-state index contributed by atoms with van der Waals surface area (Å²) in [4.78, 5) is 159. The molecule has 6 N–H and O–H groups in total. The highest BCUT2D eigenvalue weighted by molar-refractivity contribution is 5.93. The van der Waals surface area contributed by atoms with Gasteiger partial charge in [0.2, 0.25) is 29.5 Å². The second-order valence-electron chi connectivity index (χ2n) is 24.1. The number of benzene rings is 6. The molecule has 11 unspecified atom stereocenters. The fourth-order valence-electron chi connectivity index (χ4n) is 11.2. The van der Waals surface area contributed by atoms with Crippen LogP contribution in [0, 0.1) is 0 Å². The predicted molar refractivity (Wildman–Crippen MR) is 368 cm³/mol. The van der Waals surface area contributed by atoms with Crippen molar-refractivity contribution in [3.8, 4) is 0 Å². The Morgan fingerprint density at radius 2 is 0.740 bits per heavy atom. The molecule has 6 aromatic rings. The predicted octanol–water partition coefficient (Wildman–Crippen LogP) is 6.41. The second-order valence-corrected chi connectivity index (χ2v) is 24.1. The van der Waals surface area contributed by atoms with Crippen LogP contribution in [0.25, 0.3) is 0 Å². The maximum absolute atomic E-state index is 13.8. The largest absolute Gasteiger partial charge is 0.480 e. The number of unbranched alkanes of at least 4 members (excludes halogenated alkanes) is 3. The Kier molecular flexibility index (Phi) is 31.0. The molecular formula is C76H83N5O23. The number of hydrogen-bond donors (Lipinski definition) is 6. The van der Waals surface area contributed by atoms with Gasteiger partial charge in [0, 0.05) is 46.4 Å². The summed E-state index contributed by atoms with van der Waals surface area (Å²) in [5.74, 6) is -9.02. The number of carboxylic acid groups (broad SMARTS) is 1. The number of hydrogen-bond acceptors (Lipinski definition) is 22. The number of amides is 5.